The van der Waals surface area contributed by atoms with E-state index in [0.29, 0.717) is 23.7 Å². The molecule has 0 amide bonds. The maximum absolute atomic E-state index is 11.8. The molecule has 0 radical (unpaired) electrons. The third-order valence-electron chi connectivity index (χ3n) is 2.67. The van der Waals surface area contributed by atoms with Crippen LogP contribution >= 0.6 is 0 Å². The van der Waals surface area contributed by atoms with E-state index in [0.717, 1.165) is 0 Å². The molecule has 3 nitrogen and oxygen atoms in total. The average Bonchev–Trinajstić information content (AvgIpc) is 2.16. The van der Waals surface area contributed by atoms with Gasteiger partial charge in [0.1, 0.15) is 17.6 Å². The number of rotatable bonds is 1. The predicted molar refractivity (Wildman–Crippen MR) is 56.3 cm³/mol. The number of phenolic OH excluding ortho intramolecular Hbond substituents is 1. The minimum Gasteiger partial charge on any atom is -0.508 e. The fraction of sp³-hybridized carbons (Fsp3) is 0.417. The van der Waals surface area contributed by atoms with Crippen molar-refractivity contribution in [3.8, 4) is 11.5 Å². The number of Topliss-reactive ketones (excluding diaryl/α,β-unsaturated/α-hetero) is 1. The molecule has 15 heavy (non-hydrogen) atoms. The van der Waals surface area contributed by atoms with Gasteiger partial charge in [0.25, 0.3) is 0 Å². The van der Waals surface area contributed by atoms with E-state index in [-0.39, 0.29) is 17.6 Å². The fourth-order valence-corrected chi connectivity index (χ4v) is 1.71. The molecule has 1 aliphatic heterocycles. The Kier molecular flexibility index (Phi) is 2.39. The molecule has 1 heterocycles. The van der Waals surface area contributed by atoms with Crippen LogP contribution in [-0.2, 0) is 0 Å². The van der Waals surface area contributed by atoms with Gasteiger partial charge in [-0.1, -0.05) is 13.8 Å². The molecule has 1 atom stereocenters. The molecular formula is C12H14O3. The third kappa shape index (κ3) is 1.82. The minimum atomic E-state index is -0.0770. The number of benzene rings is 1. The Morgan fingerprint density at radius 1 is 1.47 bits per heavy atom. The molecule has 3 heteroatoms. The van der Waals surface area contributed by atoms with Crippen molar-refractivity contribution < 1.29 is 14.6 Å². The first kappa shape index (κ1) is 10.0. The van der Waals surface area contributed by atoms with Crippen LogP contribution in [0.1, 0.15) is 30.6 Å². The molecule has 1 aliphatic rings. The van der Waals surface area contributed by atoms with Gasteiger partial charge in [-0.05, 0) is 18.1 Å². The van der Waals surface area contributed by atoms with Gasteiger partial charge in [0.15, 0.2) is 5.78 Å². The van der Waals surface area contributed by atoms with Gasteiger partial charge in [-0.2, -0.15) is 0 Å². The fourth-order valence-electron chi connectivity index (χ4n) is 1.71. The van der Waals surface area contributed by atoms with Crippen molar-refractivity contribution in [2.45, 2.75) is 26.4 Å². The van der Waals surface area contributed by atoms with Gasteiger partial charge >= 0.3 is 0 Å². The van der Waals surface area contributed by atoms with Crippen molar-refractivity contribution in [3.05, 3.63) is 23.8 Å². The normalized spacial score (nSPS) is 19.9. The summed E-state index contributed by atoms with van der Waals surface area (Å²) in [5.41, 5.74) is 0.574. The van der Waals surface area contributed by atoms with E-state index in [1.54, 1.807) is 6.07 Å². The van der Waals surface area contributed by atoms with E-state index in [1.165, 1.54) is 12.1 Å². The van der Waals surface area contributed by atoms with Crippen molar-refractivity contribution in [1.29, 1.82) is 0 Å². The number of hydrogen-bond acceptors (Lipinski definition) is 3. The zero-order valence-electron chi connectivity index (χ0n) is 8.86. The zero-order valence-corrected chi connectivity index (χ0v) is 8.86. The van der Waals surface area contributed by atoms with Crippen LogP contribution in [0.2, 0.25) is 0 Å². The first-order chi connectivity index (χ1) is 7.08. The zero-order chi connectivity index (χ0) is 11.0. The molecule has 2 rings (SSSR count). The number of fused-ring (bicyclic) bond motifs is 1. The average molecular weight is 206 g/mol. The molecule has 0 spiro atoms. The highest BCUT2D eigenvalue weighted by Gasteiger charge is 2.28. The molecule has 0 saturated carbocycles. The summed E-state index contributed by atoms with van der Waals surface area (Å²) < 4.78 is 5.66. The van der Waals surface area contributed by atoms with Crippen LogP contribution < -0.4 is 4.74 Å². The second kappa shape index (κ2) is 3.57. The quantitative estimate of drug-likeness (QED) is 0.767. The highest BCUT2D eigenvalue weighted by Crippen LogP contribution is 2.32. The second-order valence-corrected chi connectivity index (χ2v) is 4.21. The summed E-state index contributed by atoms with van der Waals surface area (Å²) in [6, 6.07) is 4.63. The van der Waals surface area contributed by atoms with Crippen LogP contribution in [0.4, 0.5) is 0 Å². The molecule has 1 aromatic rings. The van der Waals surface area contributed by atoms with Crippen molar-refractivity contribution >= 4 is 5.78 Å². The van der Waals surface area contributed by atoms with Crippen LogP contribution in [0, 0.1) is 5.92 Å². The van der Waals surface area contributed by atoms with E-state index in [2.05, 4.69) is 0 Å². The standard InChI is InChI=1S/C12H14O3/c1-7(2)11-6-10(14)9-4-3-8(13)5-12(9)15-11/h3-5,7,11,13H,6H2,1-2H3. The topological polar surface area (TPSA) is 46.5 Å². The minimum absolute atomic E-state index is 0.0770. The summed E-state index contributed by atoms with van der Waals surface area (Å²) in [7, 11) is 0. The van der Waals surface area contributed by atoms with Gasteiger partial charge in [0, 0.05) is 12.5 Å². The van der Waals surface area contributed by atoms with E-state index in [9.17, 15) is 9.90 Å². The summed E-state index contributed by atoms with van der Waals surface area (Å²) >= 11 is 0. The molecule has 0 aromatic heterocycles. The van der Waals surface area contributed by atoms with Gasteiger partial charge in [0.05, 0.1) is 5.56 Å². The lowest BCUT2D eigenvalue weighted by Crippen LogP contribution is -2.31. The number of phenols is 1. The summed E-state index contributed by atoms with van der Waals surface area (Å²) in [5.74, 6) is 1.02. The van der Waals surface area contributed by atoms with Gasteiger partial charge in [-0.3, -0.25) is 4.79 Å². The second-order valence-electron chi connectivity index (χ2n) is 4.21. The third-order valence-corrected chi connectivity index (χ3v) is 2.67. The Hall–Kier alpha value is -1.51. The molecule has 0 bridgehead atoms. The van der Waals surface area contributed by atoms with Gasteiger partial charge in [0.2, 0.25) is 0 Å². The molecule has 1 N–H and O–H groups in total. The maximum atomic E-state index is 11.8. The van der Waals surface area contributed by atoms with Crippen LogP contribution in [0.25, 0.3) is 0 Å². The number of ether oxygens (including phenoxy) is 1. The smallest absolute Gasteiger partial charge is 0.170 e. The van der Waals surface area contributed by atoms with Crippen LogP contribution in [0.5, 0.6) is 11.5 Å². The number of ketones is 1. The van der Waals surface area contributed by atoms with Crippen LogP contribution in [0.15, 0.2) is 18.2 Å². The Morgan fingerprint density at radius 3 is 2.87 bits per heavy atom. The summed E-state index contributed by atoms with van der Waals surface area (Å²) in [4.78, 5) is 11.8. The first-order valence-electron chi connectivity index (χ1n) is 5.11. The lowest BCUT2D eigenvalue weighted by molar-refractivity contribution is 0.0771. The molecule has 0 saturated heterocycles. The van der Waals surface area contributed by atoms with E-state index < -0.39 is 0 Å². The Balaban J connectivity index is 2.37. The number of hydrogen-bond donors (Lipinski definition) is 1. The lowest BCUT2D eigenvalue weighted by atomic mass is 9.94. The summed E-state index contributed by atoms with van der Waals surface area (Å²) in [6.45, 7) is 4.04. The predicted octanol–water partition coefficient (Wildman–Crippen LogP) is 2.38. The monoisotopic (exact) mass is 206 g/mol. The molecular weight excluding hydrogens is 192 g/mol. The maximum Gasteiger partial charge on any atom is 0.170 e. The van der Waals surface area contributed by atoms with Gasteiger partial charge in [-0.25, -0.2) is 0 Å². The van der Waals surface area contributed by atoms with E-state index >= 15 is 0 Å². The lowest BCUT2D eigenvalue weighted by Gasteiger charge is -2.27. The Morgan fingerprint density at radius 2 is 2.20 bits per heavy atom. The van der Waals surface area contributed by atoms with Crippen LogP contribution in [-0.4, -0.2) is 17.0 Å². The molecule has 0 aliphatic carbocycles. The highest BCUT2D eigenvalue weighted by molar-refractivity contribution is 6.00. The van der Waals surface area contributed by atoms with Crippen molar-refractivity contribution in [3.63, 3.8) is 0 Å². The summed E-state index contributed by atoms with van der Waals surface area (Å²) in [5, 5.41) is 9.31. The Labute approximate surface area is 88.7 Å². The van der Waals surface area contributed by atoms with Crippen molar-refractivity contribution in [2.24, 2.45) is 5.92 Å². The van der Waals surface area contributed by atoms with Gasteiger partial charge < -0.3 is 9.84 Å². The largest absolute Gasteiger partial charge is 0.508 e. The number of carbonyl (C=O) groups excluding carboxylic acids is 1. The first-order valence-corrected chi connectivity index (χ1v) is 5.11. The Bertz CT molecular complexity index is 396. The molecule has 80 valence electrons. The van der Waals surface area contributed by atoms with Crippen molar-refractivity contribution in [1.82, 2.24) is 0 Å². The van der Waals surface area contributed by atoms with E-state index in [1.807, 2.05) is 13.8 Å². The van der Waals surface area contributed by atoms with Gasteiger partial charge in [-0.15, -0.1) is 0 Å². The summed E-state index contributed by atoms with van der Waals surface area (Å²) in [6.07, 6.45) is 0.349. The van der Waals surface area contributed by atoms with Crippen LogP contribution in [0.3, 0.4) is 0 Å². The molecule has 0 fully saturated rings. The SMILES string of the molecule is CC(C)C1CC(=O)c2ccc(O)cc2O1. The number of aromatic hydroxyl groups is 1. The molecule has 1 aromatic carbocycles. The van der Waals surface area contributed by atoms with Crippen molar-refractivity contribution in [2.75, 3.05) is 0 Å². The number of carbonyl (C=O) groups is 1. The highest BCUT2D eigenvalue weighted by atomic mass is 16.5. The molecule has 1 unspecified atom stereocenters. The van der Waals surface area contributed by atoms with E-state index in [4.69, 9.17) is 4.74 Å².